The average Bonchev–Trinajstić information content (AvgIpc) is 3.09. The Morgan fingerprint density at radius 3 is 3.04 bits per heavy atom. The van der Waals surface area contributed by atoms with E-state index in [-0.39, 0.29) is 17.6 Å². The zero-order chi connectivity index (χ0) is 17.8. The molecule has 1 atom stereocenters. The van der Waals surface area contributed by atoms with Gasteiger partial charge in [0.2, 0.25) is 11.7 Å². The van der Waals surface area contributed by atoms with Crippen LogP contribution in [0.2, 0.25) is 0 Å². The molecule has 1 saturated heterocycles. The van der Waals surface area contributed by atoms with Gasteiger partial charge in [0, 0.05) is 25.6 Å². The van der Waals surface area contributed by atoms with Gasteiger partial charge >= 0.3 is 0 Å². The first-order valence-electron chi connectivity index (χ1n) is 8.29. The lowest BCUT2D eigenvalue weighted by Crippen LogP contribution is -2.56. The molecule has 3 rings (SSSR count). The van der Waals surface area contributed by atoms with Crippen molar-refractivity contribution < 1.29 is 18.8 Å². The molecule has 7 nitrogen and oxygen atoms in total. The molecule has 25 heavy (non-hydrogen) atoms. The topological polar surface area (TPSA) is 84.7 Å². The number of benzene rings is 1. The minimum Gasteiger partial charge on any atom is -0.497 e. The number of piperazine rings is 1. The van der Waals surface area contributed by atoms with Crippen LogP contribution in [-0.2, 0) is 11.2 Å². The van der Waals surface area contributed by atoms with Crippen molar-refractivity contribution in [3.8, 4) is 5.75 Å². The van der Waals surface area contributed by atoms with Gasteiger partial charge in [-0.3, -0.25) is 9.59 Å². The van der Waals surface area contributed by atoms with E-state index in [0.29, 0.717) is 31.6 Å². The molecule has 1 aliphatic rings. The molecule has 1 fully saturated rings. The molecule has 1 aliphatic heterocycles. The lowest BCUT2D eigenvalue weighted by Gasteiger charge is -2.33. The van der Waals surface area contributed by atoms with Crippen LogP contribution in [0.25, 0.3) is 0 Å². The molecular formula is C18H21N3O4. The van der Waals surface area contributed by atoms with Crippen LogP contribution in [0.5, 0.6) is 5.75 Å². The van der Waals surface area contributed by atoms with Crippen LogP contribution in [0.4, 0.5) is 0 Å². The highest BCUT2D eigenvalue weighted by molar-refractivity contribution is 5.96. The largest absolute Gasteiger partial charge is 0.497 e. The van der Waals surface area contributed by atoms with Crippen LogP contribution in [0.15, 0.2) is 34.9 Å². The summed E-state index contributed by atoms with van der Waals surface area (Å²) in [5, 5.41) is 6.77. The molecule has 2 heterocycles. The van der Waals surface area contributed by atoms with Crippen molar-refractivity contribution in [2.24, 2.45) is 0 Å². The number of hydrogen-bond acceptors (Lipinski definition) is 5. The van der Waals surface area contributed by atoms with Crippen molar-refractivity contribution in [1.82, 2.24) is 15.4 Å². The molecular weight excluding hydrogens is 322 g/mol. The van der Waals surface area contributed by atoms with Crippen LogP contribution in [0.3, 0.4) is 0 Å². The van der Waals surface area contributed by atoms with Crippen molar-refractivity contribution >= 4 is 11.8 Å². The van der Waals surface area contributed by atoms with Gasteiger partial charge in [-0.1, -0.05) is 24.2 Å². The summed E-state index contributed by atoms with van der Waals surface area (Å²) in [6.45, 7) is 2.80. The average molecular weight is 343 g/mol. The number of carbonyl (C=O) groups excluding carboxylic acids is 2. The van der Waals surface area contributed by atoms with Crippen LogP contribution in [0, 0.1) is 0 Å². The summed E-state index contributed by atoms with van der Waals surface area (Å²) in [5.74, 6) is 0.498. The van der Waals surface area contributed by atoms with E-state index >= 15 is 0 Å². The second-order valence-electron chi connectivity index (χ2n) is 5.92. The van der Waals surface area contributed by atoms with Gasteiger partial charge in [-0.2, -0.15) is 0 Å². The van der Waals surface area contributed by atoms with E-state index in [0.717, 1.165) is 11.3 Å². The highest BCUT2D eigenvalue weighted by atomic mass is 16.5. The highest BCUT2D eigenvalue weighted by Gasteiger charge is 2.33. The maximum atomic E-state index is 12.7. The predicted octanol–water partition coefficient (Wildman–Crippen LogP) is 1.62. The first-order chi connectivity index (χ1) is 12.1. The summed E-state index contributed by atoms with van der Waals surface area (Å²) in [7, 11) is 1.62. The zero-order valence-electron chi connectivity index (χ0n) is 14.3. The number of methoxy groups -OCH3 is 1. The van der Waals surface area contributed by atoms with Gasteiger partial charge in [0.15, 0.2) is 0 Å². The van der Waals surface area contributed by atoms with Gasteiger partial charge in [-0.15, -0.1) is 0 Å². The number of amides is 2. The molecule has 1 N–H and O–H groups in total. The number of carbonyl (C=O) groups is 2. The van der Waals surface area contributed by atoms with Gasteiger partial charge in [0.05, 0.1) is 12.8 Å². The first-order valence-corrected chi connectivity index (χ1v) is 8.29. The number of nitrogens with one attached hydrogen (secondary N) is 1. The van der Waals surface area contributed by atoms with Crippen molar-refractivity contribution in [3.63, 3.8) is 0 Å². The zero-order valence-corrected chi connectivity index (χ0v) is 14.3. The van der Waals surface area contributed by atoms with Crippen molar-refractivity contribution in [1.29, 1.82) is 0 Å². The molecule has 0 bridgehead atoms. The normalized spacial score (nSPS) is 17.3. The Hall–Kier alpha value is -2.83. The lowest BCUT2D eigenvalue weighted by molar-refractivity contribution is -0.127. The third-order valence-corrected chi connectivity index (χ3v) is 4.27. The van der Waals surface area contributed by atoms with Crippen molar-refractivity contribution in [2.45, 2.75) is 25.8 Å². The van der Waals surface area contributed by atoms with E-state index < -0.39 is 6.04 Å². The molecule has 7 heteroatoms. The number of nitrogens with zero attached hydrogens (tertiary/aromatic N) is 2. The fourth-order valence-electron chi connectivity index (χ4n) is 2.99. The van der Waals surface area contributed by atoms with Crippen LogP contribution in [-0.4, -0.2) is 48.1 Å². The Morgan fingerprint density at radius 1 is 1.44 bits per heavy atom. The van der Waals surface area contributed by atoms with Gasteiger partial charge in [0.1, 0.15) is 11.8 Å². The fourth-order valence-corrected chi connectivity index (χ4v) is 2.99. The molecule has 132 valence electrons. The highest BCUT2D eigenvalue weighted by Crippen LogP contribution is 2.18. The molecule has 1 aromatic heterocycles. The molecule has 0 radical (unpaired) electrons. The molecule has 0 spiro atoms. The smallest absolute Gasteiger partial charge is 0.293 e. The first kappa shape index (κ1) is 17.0. The standard InChI is InChI=1S/C18H21N3O4/c1-3-15-17(22)19-7-8-21(15)18(23)16-11-13(20-25-16)9-12-5-4-6-14(10-12)24-2/h4-6,10-11,15H,3,7-9H2,1-2H3,(H,19,22). The van der Waals surface area contributed by atoms with Gasteiger partial charge in [0.25, 0.3) is 5.91 Å². The summed E-state index contributed by atoms with van der Waals surface area (Å²) in [5.41, 5.74) is 1.67. The Morgan fingerprint density at radius 2 is 2.28 bits per heavy atom. The minimum absolute atomic E-state index is 0.127. The van der Waals surface area contributed by atoms with Crippen LogP contribution >= 0.6 is 0 Å². The fraction of sp³-hybridized carbons (Fsp3) is 0.389. The Kier molecular flexibility index (Phi) is 5.02. The molecule has 2 amide bonds. The second-order valence-corrected chi connectivity index (χ2v) is 5.92. The Bertz CT molecular complexity index is 771. The third-order valence-electron chi connectivity index (χ3n) is 4.27. The van der Waals surface area contributed by atoms with Crippen LogP contribution < -0.4 is 10.1 Å². The van der Waals surface area contributed by atoms with Crippen LogP contribution in [0.1, 0.15) is 35.2 Å². The monoisotopic (exact) mass is 343 g/mol. The Labute approximate surface area is 145 Å². The van der Waals surface area contributed by atoms with Gasteiger partial charge in [-0.25, -0.2) is 0 Å². The lowest BCUT2D eigenvalue weighted by atomic mass is 10.1. The summed E-state index contributed by atoms with van der Waals surface area (Å²) >= 11 is 0. The van der Waals surface area contributed by atoms with Crippen molar-refractivity contribution in [2.75, 3.05) is 20.2 Å². The summed E-state index contributed by atoms with van der Waals surface area (Å²) in [6, 6.07) is 8.82. The molecule has 1 aromatic carbocycles. The maximum absolute atomic E-state index is 12.7. The molecule has 0 aliphatic carbocycles. The number of hydrogen-bond donors (Lipinski definition) is 1. The maximum Gasteiger partial charge on any atom is 0.293 e. The second kappa shape index (κ2) is 7.38. The summed E-state index contributed by atoms with van der Waals surface area (Å²) in [6.07, 6.45) is 1.09. The summed E-state index contributed by atoms with van der Waals surface area (Å²) in [4.78, 5) is 26.1. The van der Waals surface area contributed by atoms with Gasteiger partial charge in [-0.05, 0) is 24.1 Å². The van der Waals surface area contributed by atoms with E-state index in [9.17, 15) is 9.59 Å². The van der Waals surface area contributed by atoms with E-state index in [1.54, 1.807) is 18.1 Å². The van der Waals surface area contributed by atoms with E-state index in [2.05, 4.69) is 10.5 Å². The van der Waals surface area contributed by atoms with Crippen molar-refractivity contribution in [3.05, 3.63) is 47.3 Å². The van der Waals surface area contributed by atoms with E-state index in [4.69, 9.17) is 9.26 Å². The quantitative estimate of drug-likeness (QED) is 0.892. The minimum atomic E-state index is -0.465. The van der Waals surface area contributed by atoms with E-state index in [1.165, 1.54) is 0 Å². The Balaban J connectivity index is 1.74. The van der Waals surface area contributed by atoms with Gasteiger partial charge < -0.3 is 19.5 Å². The summed E-state index contributed by atoms with van der Waals surface area (Å²) < 4.78 is 10.4. The number of aromatic nitrogens is 1. The SMILES string of the molecule is CCC1C(=O)NCCN1C(=O)c1cc(Cc2cccc(OC)c2)no1. The molecule has 1 unspecified atom stereocenters. The third kappa shape index (κ3) is 3.65. The molecule has 0 saturated carbocycles. The molecule has 2 aromatic rings. The van der Waals surface area contributed by atoms with E-state index in [1.807, 2.05) is 31.2 Å². The number of ether oxygens (including phenoxy) is 1. The number of rotatable bonds is 5. The predicted molar refractivity (Wildman–Crippen MR) is 90.4 cm³/mol.